The molecule has 1 aliphatic heterocycles. The van der Waals surface area contributed by atoms with Crippen molar-refractivity contribution >= 4 is 23.2 Å². The van der Waals surface area contributed by atoms with Gasteiger partial charge in [0, 0.05) is 19.0 Å². The summed E-state index contributed by atoms with van der Waals surface area (Å²) in [5.41, 5.74) is 4.36. The van der Waals surface area contributed by atoms with Crippen LogP contribution in [0, 0.1) is 12.8 Å². The van der Waals surface area contributed by atoms with E-state index < -0.39 is 23.6 Å². The Kier molecular flexibility index (Phi) is 7.23. The van der Waals surface area contributed by atoms with Crippen LogP contribution in [-0.4, -0.2) is 50.7 Å². The molecule has 0 saturated carbocycles. The lowest BCUT2D eigenvalue weighted by molar-refractivity contribution is -0.141. The van der Waals surface area contributed by atoms with Crippen molar-refractivity contribution in [3.8, 4) is 10.4 Å². The number of nitrogens with one attached hydrogen (secondary N) is 2. The number of aliphatic hydroxyl groups excluding tert-OH is 1. The molecule has 0 aliphatic carbocycles. The number of aromatic amines is 1. The number of benzene rings is 1. The third-order valence-corrected chi connectivity index (χ3v) is 7.40. The van der Waals surface area contributed by atoms with Gasteiger partial charge in [-0.15, -0.1) is 11.3 Å². The summed E-state index contributed by atoms with van der Waals surface area (Å²) in [4.78, 5) is 45.0. The molecule has 3 N–H and O–H groups in total. The second-order valence-electron chi connectivity index (χ2n) is 9.35. The molecule has 1 fully saturated rings. The Morgan fingerprint density at radius 1 is 1.26 bits per heavy atom. The molecule has 3 aromatic rings. The summed E-state index contributed by atoms with van der Waals surface area (Å²) >= 11 is 1.58. The molecule has 0 bridgehead atoms. The third kappa shape index (κ3) is 5.23. The van der Waals surface area contributed by atoms with Gasteiger partial charge < -0.3 is 19.8 Å². The number of nitrogens with zero attached hydrogens (tertiary/aromatic N) is 2. The van der Waals surface area contributed by atoms with Crippen molar-refractivity contribution in [2.24, 2.45) is 5.92 Å². The number of likely N-dealkylation sites (tertiary alicyclic amines) is 1. The van der Waals surface area contributed by atoms with Gasteiger partial charge in [0.25, 0.3) is 5.56 Å². The first-order valence-electron chi connectivity index (χ1n) is 11.6. The number of β-amino-alcohol motifs (C(OH)–C–C–N with tert-alkyl or cyclic N) is 1. The highest BCUT2D eigenvalue weighted by Crippen LogP contribution is 2.31. The molecule has 4 rings (SSSR count). The molecule has 35 heavy (non-hydrogen) atoms. The fourth-order valence-corrected chi connectivity index (χ4v) is 5.38. The van der Waals surface area contributed by atoms with E-state index in [4.69, 9.17) is 4.52 Å². The highest BCUT2D eigenvalue weighted by molar-refractivity contribution is 7.13. The molecule has 1 aliphatic rings. The van der Waals surface area contributed by atoms with Crippen molar-refractivity contribution in [1.29, 1.82) is 0 Å². The summed E-state index contributed by atoms with van der Waals surface area (Å²) in [7, 11) is 0. The average molecular weight is 499 g/mol. The van der Waals surface area contributed by atoms with Crippen molar-refractivity contribution < 1.29 is 19.2 Å². The van der Waals surface area contributed by atoms with E-state index in [-0.39, 0.29) is 42.5 Å². The number of aromatic nitrogens is 2. The molecule has 3 heterocycles. The number of amides is 2. The normalized spacial score (nSPS) is 19.7. The average Bonchev–Trinajstić information content (AvgIpc) is 3.53. The van der Waals surface area contributed by atoms with E-state index in [2.05, 4.69) is 15.5 Å². The summed E-state index contributed by atoms with van der Waals surface area (Å²) in [5, 5.41) is 15.5. The van der Waals surface area contributed by atoms with Crippen LogP contribution >= 0.6 is 11.3 Å². The molecule has 10 heteroatoms. The van der Waals surface area contributed by atoms with Crippen LogP contribution in [0.5, 0.6) is 0 Å². The van der Waals surface area contributed by atoms with Crippen molar-refractivity contribution in [2.75, 3.05) is 6.54 Å². The van der Waals surface area contributed by atoms with Crippen molar-refractivity contribution in [3.05, 3.63) is 63.2 Å². The van der Waals surface area contributed by atoms with Gasteiger partial charge in [0.15, 0.2) is 5.76 Å². The van der Waals surface area contributed by atoms with E-state index in [9.17, 15) is 19.5 Å². The Morgan fingerprint density at radius 2 is 1.97 bits per heavy atom. The second-order valence-corrected chi connectivity index (χ2v) is 10.2. The number of hydrogen-bond donors (Lipinski definition) is 3. The maximum atomic E-state index is 13.4. The summed E-state index contributed by atoms with van der Waals surface area (Å²) < 4.78 is 5.21. The minimum absolute atomic E-state index is 0.0477. The summed E-state index contributed by atoms with van der Waals surface area (Å²) in [6.07, 6.45) is -0.659. The lowest BCUT2D eigenvalue weighted by Crippen LogP contribution is -2.48. The van der Waals surface area contributed by atoms with Crippen LogP contribution in [0.1, 0.15) is 56.2 Å². The largest absolute Gasteiger partial charge is 0.391 e. The summed E-state index contributed by atoms with van der Waals surface area (Å²) in [6, 6.07) is 8.09. The van der Waals surface area contributed by atoms with Gasteiger partial charge in [0.2, 0.25) is 11.8 Å². The minimum Gasteiger partial charge on any atom is -0.391 e. The van der Waals surface area contributed by atoms with Crippen molar-refractivity contribution in [2.45, 2.75) is 58.2 Å². The van der Waals surface area contributed by atoms with E-state index in [1.807, 2.05) is 57.5 Å². The summed E-state index contributed by atoms with van der Waals surface area (Å²) in [5.74, 6) is -1.38. The van der Waals surface area contributed by atoms with Gasteiger partial charge in [-0.1, -0.05) is 38.1 Å². The molecular formula is C25H30N4O5S. The lowest BCUT2D eigenvalue weighted by atomic mass is 9.91. The molecule has 2 amide bonds. The topological polar surface area (TPSA) is 129 Å². The Labute approximate surface area is 207 Å². The van der Waals surface area contributed by atoms with E-state index >= 15 is 0 Å². The minimum atomic E-state index is -0.814. The standard InChI is InChI=1S/C25H30N4O5S/c1-13(2)22(20-10-21(31)28-34-20)25(33)29-11-18(30)9-19(29)24(32)27-14(3)16-5-7-17(8-6-16)23-15(4)26-12-35-23/h5-8,10,12-14,18-19,22,30H,9,11H2,1-4H3,(H,27,32)(H,28,31). The van der Waals surface area contributed by atoms with Crippen LogP contribution in [0.25, 0.3) is 10.4 Å². The van der Waals surface area contributed by atoms with Crippen LogP contribution < -0.4 is 10.9 Å². The Bertz CT molecular complexity index is 1250. The van der Waals surface area contributed by atoms with E-state index in [0.29, 0.717) is 0 Å². The lowest BCUT2D eigenvalue weighted by Gasteiger charge is -2.29. The van der Waals surface area contributed by atoms with Gasteiger partial charge >= 0.3 is 0 Å². The number of rotatable bonds is 7. The highest BCUT2D eigenvalue weighted by atomic mass is 32.1. The number of aliphatic hydroxyl groups is 1. The molecule has 186 valence electrons. The number of aryl methyl sites for hydroxylation is 1. The van der Waals surface area contributed by atoms with Gasteiger partial charge in [-0.3, -0.25) is 14.4 Å². The van der Waals surface area contributed by atoms with E-state index in [1.54, 1.807) is 11.3 Å². The van der Waals surface area contributed by atoms with Crippen LogP contribution in [0.3, 0.4) is 0 Å². The third-order valence-electron chi connectivity index (χ3n) is 6.42. The molecule has 1 saturated heterocycles. The molecule has 9 nitrogen and oxygen atoms in total. The fraction of sp³-hybridized carbons (Fsp3) is 0.440. The van der Waals surface area contributed by atoms with Crippen molar-refractivity contribution in [1.82, 2.24) is 20.4 Å². The number of carbonyl (C=O) groups excluding carboxylic acids is 2. The van der Waals surface area contributed by atoms with Gasteiger partial charge in [0.05, 0.1) is 28.2 Å². The van der Waals surface area contributed by atoms with Gasteiger partial charge in [-0.2, -0.15) is 5.16 Å². The SMILES string of the molecule is Cc1ncsc1-c1ccc(C(C)NC(=O)C2CC(O)CN2C(=O)C(c2cc(=O)[nH]o2)C(C)C)cc1. The first-order chi connectivity index (χ1) is 16.7. The first-order valence-corrected chi connectivity index (χ1v) is 12.5. The molecule has 4 unspecified atom stereocenters. The molecule has 4 atom stereocenters. The quantitative estimate of drug-likeness (QED) is 0.459. The van der Waals surface area contributed by atoms with Crippen LogP contribution in [0.15, 0.2) is 45.2 Å². The molecule has 0 radical (unpaired) electrons. The van der Waals surface area contributed by atoms with Gasteiger partial charge in [0.1, 0.15) is 12.0 Å². The summed E-state index contributed by atoms with van der Waals surface area (Å²) in [6.45, 7) is 7.59. The number of H-pyrrole nitrogens is 1. The Hall–Kier alpha value is -3.24. The molecule has 1 aromatic carbocycles. The van der Waals surface area contributed by atoms with Gasteiger partial charge in [-0.05, 0) is 30.9 Å². The van der Waals surface area contributed by atoms with Crippen LogP contribution in [0.2, 0.25) is 0 Å². The number of thiazole rings is 1. The first kappa shape index (κ1) is 24.9. The number of hydrogen-bond acceptors (Lipinski definition) is 7. The smallest absolute Gasteiger partial charge is 0.280 e. The monoisotopic (exact) mass is 498 g/mol. The van der Waals surface area contributed by atoms with E-state index in [0.717, 1.165) is 21.7 Å². The Balaban J connectivity index is 1.48. The number of carbonyl (C=O) groups is 2. The highest BCUT2D eigenvalue weighted by Gasteiger charge is 2.43. The molecular weight excluding hydrogens is 468 g/mol. The van der Waals surface area contributed by atoms with Crippen LogP contribution in [0.4, 0.5) is 0 Å². The fourth-order valence-electron chi connectivity index (χ4n) is 4.57. The predicted octanol–water partition coefficient (Wildman–Crippen LogP) is 2.98. The van der Waals surface area contributed by atoms with Crippen molar-refractivity contribution in [3.63, 3.8) is 0 Å². The van der Waals surface area contributed by atoms with Crippen LogP contribution in [-0.2, 0) is 9.59 Å². The van der Waals surface area contributed by atoms with E-state index in [1.165, 1.54) is 11.0 Å². The Morgan fingerprint density at radius 3 is 2.54 bits per heavy atom. The zero-order chi connectivity index (χ0) is 25.3. The molecule has 0 spiro atoms. The zero-order valence-electron chi connectivity index (χ0n) is 20.1. The maximum absolute atomic E-state index is 13.4. The molecule has 2 aromatic heterocycles. The maximum Gasteiger partial charge on any atom is 0.280 e. The zero-order valence-corrected chi connectivity index (χ0v) is 21.0. The second kappa shape index (κ2) is 10.2. The predicted molar refractivity (Wildman–Crippen MR) is 132 cm³/mol. The van der Waals surface area contributed by atoms with Gasteiger partial charge in [-0.25, -0.2) is 4.98 Å².